The van der Waals surface area contributed by atoms with E-state index in [1.165, 1.54) is 0 Å². The third-order valence-electron chi connectivity index (χ3n) is 2.32. The monoisotopic (exact) mass is 229 g/mol. The van der Waals surface area contributed by atoms with Crippen molar-refractivity contribution in [3.63, 3.8) is 0 Å². The lowest BCUT2D eigenvalue weighted by Gasteiger charge is -1.99. The van der Waals surface area contributed by atoms with Crippen molar-refractivity contribution in [2.45, 2.75) is 13.3 Å². The molecule has 5 nitrogen and oxygen atoms in total. The summed E-state index contributed by atoms with van der Waals surface area (Å²) in [5.74, 6) is 0.509. The molecular formula is C12H11N3O2. The van der Waals surface area contributed by atoms with Gasteiger partial charge in [-0.25, -0.2) is 0 Å². The number of hydrogen-bond acceptors (Lipinski definition) is 3. The molecule has 2 heterocycles. The number of carbonyl (C=O) groups excluding carboxylic acids is 1. The molecule has 17 heavy (non-hydrogen) atoms. The molecule has 5 heteroatoms. The molecule has 0 radical (unpaired) electrons. The SMILES string of the molecule is [C-]#[N+]c1nc(CC(=O)OCC)n2ccccc12. The van der Waals surface area contributed by atoms with E-state index >= 15 is 0 Å². The molecule has 86 valence electrons. The third-order valence-corrected chi connectivity index (χ3v) is 2.32. The maximum Gasteiger partial charge on any atom is 0.315 e. The molecule has 2 aromatic heterocycles. The molecule has 0 bridgehead atoms. The Morgan fingerprint density at radius 3 is 3.12 bits per heavy atom. The molecular weight excluding hydrogens is 218 g/mol. The molecule has 0 atom stereocenters. The van der Waals surface area contributed by atoms with Crippen LogP contribution in [0.15, 0.2) is 24.4 Å². The van der Waals surface area contributed by atoms with Gasteiger partial charge in [0, 0.05) is 6.20 Å². The van der Waals surface area contributed by atoms with E-state index in [9.17, 15) is 4.79 Å². The van der Waals surface area contributed by atoms with Crippen molar-refractivity contribution in [3.05, 3.63) is 41.6 Å². The van der Waals surface area contributed by atoms with Crippen LogP contribution in [0.4, 0.5) is 5.82 Å². The second-order valence-corrected chi connectivity index (χ2v) is 3.40. The van der Waals surface area contributed by atoms with Gasteiger partial charge in [-0.1, -0.05) is 12.6 Å². The molecule has 0 fully saturated rings. The van der Waals surface area contributed by atoms with Crippen molar-refractivity contribution in [2.75, 3.05) is 6.61 Å². The summed E-state index contributed by atoms with van der Waals surface area (Å²) in [6.45, 7) is 9.14. The summed E-state index contributed by atoms with van der Waals surface area (Å²) in [6.07, 6.45) is 1.86. The Kier molecular flexibility index (Phi) is 3.06. The van der Waals surface area contributed by atoms with Crippen LogP contribution in [-0.4, -0.2) is 22.0 Å². The van der Waals surface area contributed by atoms with Gasteiger partial charge < -0.3 is 9.58 Å². The molecule has 0 aromatic carbocycles. The van der Waals surface area contributed by atoms with Gasteiger partial charge in [0.05, 0.1) is 12.1 Å². The van der Waals surface area contributed by atoms with E-state index in [-0.39, 0.29) is 12.4 Å². The molecule has 0 N–H and O–H groups in total. The fourth-order valence-corrected chi connectivity index (χ4v) is 1.63. The molecule has 0 saturated carbocycles. The van der Waals surface area contributed by atoms with Gasteiger partial charge in [0.25, 0.3) is 5.82 Å². The zero-order valence-electron chi connectivity index (χ0n) is 9.38. The average molecular weight is 229 g/mol. The summed E-state index contributed by atoms with van der Waals surface area (Å²) in [6, 6.07) is 5.46. The molecule has 0 aliphatic rings. The van der Waals surface area contributed by atoms with E-state index in [1.54, 1.807) is 23.6 Å². The maximum absolute atomic E-state index is 11.4. The van der Waals surface area contributed by atoms with Crippen LogP contribution in [0.1, 0.15) is 12.7 Å². The summed E-state index contributed by atoms with van der Waals surface area (Å²) in [5, 5.41) is 0. The Labute approximate surface area is 98.5 Å². The van der Waals surface area contributed by atoms with Gasteiger partial charge >= 0.3 is 5.97 Å². The summed E-state index contributed by atoms with van der Waals surface area (Å²) in [7, 11) is 0. The normalized spacial score (nSPS) is 10.1. The lowest BCUT2D eigenvalue weighted by molar-refractivity contribution is -0.142. The molecule has 2 rings (SSSR count). The van der Waals surface area contributed by atoms with Gasteiger partial charge in [0.2, 0.25) is 5.82 Å². The van der Waals surface area contributed by atoms with Crippen LogP contribution in [0, 0.1) is 6.57 Å². The van der Waals surface area contributed by atoms with Gasteiger partial charge in [-0.2, -0.15) is 0 Å². The number of pyridine rings is 1. The minimum atomic E-state index is -0.334. The topological polar surface area (TPSA) is 48.0 Å². The predicted octanol–water partition coefficient (Wildman–Crippen LogP) is 1.99. The van der Waals surface area contributed by atoms with Crippen molar-refractivity contribution < 1.29 is 9.53 Å². The lowest BCUT2D eigenvalue weighted by Crippen LogP contribution is -2.10. The number of aromatic nitrogens is 2. The zero-order valence-corrected chi connectivity index (χ0v) is 9.38. The minimum Gasteiger partial charge on any atom is -0.466 e. The van der Waals surface area contributed by atoms with E-state index in [0.717, 1.165) is 0 Å². The van der Waals surface area contributed by atoms with E-state index in [0.29, 0.717) is 23.8 Å². The quantitative estimate of drug-likeness (QED) is 0.597. The highest BCUT2D eigenvalue weighted by atomic mass is 16.5. The Bertz CT molecular complexity index is 595. The minimum absolute atomic E-state index is 0.0779. The summed E-state index contributed by atoms with van der Waals surface area (Å²) in [4.78, 5) is 18.9. The number of rotatable bonds is 3. The standard InChI is InChI=1S/C12H11N3O2/c1-3-17-11(16)8-10-14-12(13-2)9-6-4-5-7-15(9)10/h4-7H,3,8H2,1H3. The number of imidazole rings is 1. The van der Waals surface area contributed by atoms with Crippen LogP contribution in [-0.2, 0) is 16.0 Å². The fourth-order valence-electron chi connectivity index (χ4n) is 1.63. The number of carbonyl (C=O) groups is 1. The van der Waals surface area contributed by atoms with Crippen LogP contribution < -0.4 is 0 Å². The first-order chi connectivity index (χ1) is 8.26. The molecule has 0 amide bonds. The second-order valence-electron chi connectivity index (χ2n) is 3.40. The first-order valence-corrected chi connectivity index (χ1v) is 5.25. The van der Waals surface area contributed by atoms with Crippen molar-refractivity contribution in [3.8, 4) is 0 Å². The van der Waals surface area contributed by atoms with Crippen LogP contribution in [0.2, 0.25) is 0 Å². The fraction of sp³-hybridized carbons (Fsp3) is 0.250. The van der Waals surface area contributed by atoms with Gasteiger partial charge in [0.1, 0.15) is 6.42 Å². The van der Waals surface area contributed by atoms with Crippen molar-refractivity contribution in [2.24, 2.45) is 0 Å². The van der Waals surface area contributed by atoms with Gasteiger partial charge in [-0.3, -0.25) is 9.20 Å². The summed E-state index contributed by atoms with van der Waals surface area (Å²) in [5.41, 5.74) is 0.710. The number of esters is 1. The van der Waals surface area contributed by atoms with Crippen LogP contribution in [0.25, 0.3) is 10.4 Å². The molecule has 0 aliphatic carbocycles. The van der Waals surface area contributed by atoms with Crippen molar-refractivity contribution in [1.82, 2.24) is 9.38 Å². The van der Waals surface area contributed by atoms with Crippen LogP contribution in [0.5, 0.6) is 0 Å². The number of hydrogen-bond donors (Lipinski definition) is 0. The third kappa shape index (κ3) is 2.11. The van der Waals surface area contributed by atoms with Gasteiger partial charge in [0.15, 0.2) is 0 Å². The van der Waals surface area contributed by atoms with E-state index in [4.69, 9.17) is 11.3 Å². The van der Waals surface area contributed by atoms with Gasteiger partial charge in [-0.15, -0.1) is 4.98 Å². The van der Waals surface area contributed by atoms with Crippen molar-refractivity contribution in [1.29, 1.82) is 0 Å². The van der Waals surface area contributed by atoms with Crippen molar-refractivity contribution >= 4 is 17.3 Å². The van der Waals surface area contributed by atoms with E-state index in [2.05, 4.69) is 9.83 Å². The largest absolute Gasteiger partial charge is 0.466 e. The molecule has 0 saturated heterocycles. The predicted molar refractivity (Wildman–Crippen MR) is 61.8 cm³/mol. The highest BCUT2D eigenvalue weighted by molar-refractivity contribution is 5.75. The molecule has 0 unspecified atom stereocenters. The number of ether oxygens (including phenoxy) is 1. The Balaban J connectivity index is 2.41. The second kappa shape index (κ2) is 4.66. The van der Waals surface area contributed by atoms with E-state index in [1.807, 2.05) is 12.1 Å². The Hall–Kier alpha value is -2.35. The smallest absolute Gasteiger partial charge is 0.315 e. The van der Waals surface area contributed by atoms with Crippen LogP contribution >= 0.6 is 0 Å². The highest BCUT2D eigenvalue weighted by Crippen LogP contribution is 2.21. The summed E-state index contributed by atoms with van der Waals surface area (Å²) < 4.78 is 6.61. The first kappa shape index (κ1) is 11.1. The van der Waals surface area contributed by atoms with Crippen LogP contribution in [0.3, 0.4) is 0 Å². The Morgan fingerprint density at radius 2 is 2.41 bits per heavy atom. The zero-order chi connectivity index (χ0) is 12.3. The number of nitrogens with zero attached hydrogens (tertiary/aromatic N) is 3. The van der Waals surface area contributed by atoms with E-state index < -0.39 is 0 Å². The summed E-state index contributed by atoms with van der Waals surface area (Å²) >= 11 is 0. The first-order valence-electron chi connectivity index (χ1n) is 5.25. The molecule has 2 aromatic rings. The Morgan fingerprint density at radius 1 is 1.59 bits per heavy atom. The highest BCUT2D eigenvalue weighted by Gasteiger charge is 2.16. The lowest BCUT2D eigenvalue weighted by atomic mass is 10.4. The van der Waals surface area contributed by atoms with Gasteiger partial charge in [-0.05, 0) is 19.1 Å². The molecule has 0 spiro atoms. The number of fused-ring (bicyclic) bond motifs is 1. The average Bonchev–Trinajstić information content (AvgIpc) is 2.68. The molecule has 0 aliphatic heterocycles. The maximum atomic E-state index is 11.4.